The minimum atomic E-state index is 1.24. The molecule has 0 aliphatic rings. The van der Waals surface area contributed by atoms with Crippen LogP contribution in [-0.2, 0) is 6.42 Å². The maximum atomic E-state index is 2.33. The fourth-order valence-electron chi connectivity index (χ4n) is 3.89. The van der Waals surface area contributed by atoms with Gasteiger partial charge in [-0.1, -0.05) is 121 Å². The van der Waals surface area contributed by atoms with Gasteiger partial charge < -0.3 is 0 Å². The molecule has 0 saturated carbocycles. The van der Waals surface area contributed by atoms with Crippen molar-refractivity contribution in [1.82, 2.24) is 0 Å². The van der Waals surface area contributed by atoms with Crippen molar-refractivity contribution in [2.75, 3.05) is 0 Å². The molecule has 1 heterocycles. The summed E-state index contributed by atoms with van der Waals surface area (Å²) in [7, 11) is 0. The lowest BCUT2D eigenvalue weighted by Gasteiger charge is -2.05. The Bertz CT molecular complexity index is 569. The van der Waals surface area contributed by atoms with Crippen molar-refractivity contribution < 1.29 is 0 Å². The molecular weight excluding hydrogens is 344 g/mol. The van der Waals surface area contributed by atoms with Gasteiger partial charge in [-0.3, -0.25) is 0 Å². The number of hydrogen-bond donors (Lipinski definition) is 0. The normalized spacial score (nSPS) is 11.1. The van der Waals surface area contributed by atoms with Gasteiger partial charge in [0.2, 0.25) is 0 Å². The summed E-state index contributed by atoms with van der Waals surface area (Å²) >= 11 is 1.89. The van der Waals surface area contributed by atoms with Gasteiger partial charge >= 0.3 is 0 Å². The topological polar surface area (TPSA) is 0 Å². The van der Waals surface area contributed by atoms with Crippen molar-refractivity contribution in [1.29, 1.82) is 0 Å². The number of thiophene rings is 1. The van der Waals surface area contributed by atoms with E-state index in [9.17, 15) is 0 Å². The first-order valence-electron chi connectivity index (χ1n) is 11.5. The van der Waals surface area contributed by atoms with E-state index in [0.29, 0.717) is 0 Å². The molecule has 0 unspecified atom stereocenters. The van der Waals surface area contributed by atoms with Crippen LogP contribution in [0.4, 0.5) is 0 Å². The first-order valence-corrected chi connectivity index (χ1v) is 12.4. The third-order valence-corrected chi connectivity index (χ3v) is 6.59. The Kier molecular flexibility index (Phi) is 12.3. The van der Waals surface area contributed by atoms with Crippen molar-refractivity contribution in [2.24, 2.45) is 0 Å². The summed E-state index contributed by atoms with van der Waals surface area (Å²) in [6.45, 7) is 2.30. The molecule has 150 valence electrons. The Labute approximate surface area is 172 Å². The predicted octanol–water partition coefficient (Wildman–Crippen LogP) is 9.44. The van der Waals surface area contributed by atoms with Crippen molar-refractivity contribution in [2.45, 2.75) is 103 Å². The van der Waals surface area contributed by atoms with Crippen LogP contribution in [0, 0.1) is 0 Å². The van der Waals surface area contributed by atoms with Crippen LogP contribution in [0.15, 0.2) is 41.8 Å². The highest BCUT2D eigenvalue weighted by Crippen LogP contribution is 2.30. The van der Waals surface area contributed by atoms with E-state index in [-0.39, 0.29) is 0 Å². The zero-order valence-corrected chi connectivity index (χ0v) is 18.4. The molecule has 2 aromatic rings. The van der Waals surface area contributed by atoms with Crippen LogP contribution in [0.3, 0.4) is 0 Å². The molecule has 0 amide bonds. The van der Waals surface area contributed by atoms with Crippen molar-refractivity contribution >= 4 is 11.3 Å². The summed E-state index contributed by atoms with van der Waals surface area (Å²) in [5.41, 5.74) is 2.93. The zero-order chi connectivity index (χ0) is 19.0. The number of benzene rings is 1. The van der Waals surface area contributed by atoms with Gasteiger partial charge in [0.05, 0.1) is 0 Å². The Morgan fingerprint density at radius 2 is 1.11 bits per heavy atom. The second-order valence-corrected chi connectivity index (χ2v) is 8.90. The lowest BCUT2D eigenvalue weighted by molar-refractivity contribution is 0.535. The lowest BCUT2D eigenvalue weighted by atomic mass is 10.0. The van der Waals surface area contributed by atoms with Gasteiger partial charge in [0.25, 0.3) is 0 Å². The van der Waals surface area contributed by atoms with Crippen LogP contribution in [0.2, 0.25) is 0 Å². The predicted molar refractivity (Wildman–Crippen MR) is 124 cm³/mol. The van der Waals surface area contributed by atoms with E-state index in [1.807, 2.05) is 11.3 Å². The smallest absolute Gasteiger partial charge is 0.0374 e. The van der Waals surface area contributed by atoms with Crippen LogP contribution in [0.5, 0.6) is 0 Å². The summed E-state index contributed by atoms with van der Waals surface area (Å²) in [4.78, 5) is 1.48. The molecule has 0 N–H and O–H groups in total. The third kappa shape index (κ3) is 9.60. The Morgan fingerprint density at radius 3 is 1.67 bits per heavy atom. The number of aryl methyl sites for hydroxylation is 1. The molecule has 0 spiro atoms. The molecule has 1 aromatic carbocycles. The second-order valence-electron chi connectivity index (χ2n) is 7.99. The lowest BCUT2D eigenvalue weighted by Crippen LogP contribution is -1.87. The summed E-state index contributed by atoms with van der Waals surface area (Å²) in [6.07, 6.45) is 21.3. The van der Waals surface area contributed by atoms with Crippen molar-refractivity contribution in [3.8, 4) is 10.4 Å². The summed E-state index contributed by atoms with van der Waals surface area (Å²) in [5.74, 6) is 0. The van der Waals surface area contributed by atoms with E-state index in [0.717, 1.165) is 0 Å². The number of rotatable bonds is 16. The second kappa shape index (κ2) is 14.9. The first kappa shape index (κ1) is 22.2. The highest BCUT2D eigenvalue weighted by molar-refractivity contribution is 7.13. The van der Waals surface area contributed by atoms with E-state index < -0.39 is 0 Å². The van der Waals surface area contributed by atoms with E-state index in [2.05, 4.69) is 48.7 Å². The molecule has 0 saturated heterocycles. The average Bonchev–Trinajstić information content (AvgIpc) is 3.17. The molecule has 1 heteroatoms. The molecule has 0 aliphatic heterocycles. The van der Waals surface area contributed by atoms with Gasteiger partial charge in [-0.2, -0.15) is 0 Å². The first-order chi connectivity index (χ1) is 13.4. The van der Waals surface area contributed by atoms with Gasteiger partial charge in [-0.25, -0.2) is 0 Å². The SMILES string of the molecule is CCCCCCCCCCCCCCCCc1ccsc1-c1ccccc1. The molecule has 0 bridgehead atoms. The van der Waals surface area contributed by atoms with Crippen LogP contribution in [-0.4, -0.2) is 0 Å². The van der Waals surface area contributed by atoms with E-state index >= 15 is 0 Å². The molecule has 0 atom stereocenters. The van der Waals surface area contributed by atoms with E-state index in [1.165, 1.54) is 107 Å². The maximum Gasteiger partial charge on any atom is 0.0374 e. The largest absolute Gasteiger partial charge is 0.144 e. The van der Waals surface area contributed by atoms with Gasteiger partial charge in [-0.05, 0) is 35.4 Å². The standard InChI is InChI=1S/C26H40S/c1-2-3-4-5-6-7-8-9-10-11-12-13-14-16-21-25-22-23-27-26(25)24-19-17-15-18-20-24/h15,17-20,22-23H,2-14,16,21H2,1H3. The minimum Gasteiger partial charge on any atom is -0.144 e. The molecule has 2 rings (SSSR count). The molecule has 27 heavy (non-hydrogen) atoms. The maximum absolute atomic E-state index is 2.33. The van der Waals surface area contributed by atoms with Crippen LogP contribution >= 0.6 is 11.3 Å². The fraction of sp³-hybridized carbons (Fsp3) is 0.615. The number of hydrogen-bond acceptors (Lipinski definition) is 1. The zero-order valence-electron chi connectivity index (χ0n) is 17.6. The Balaban J connectivity index is 1.43. The van der Waals surface area contributed by atoms with Crippen LogP contribution in [0.1, 0.15) is 102 Å². The number of unbranched alkanes of at least 4 members (excludes halogenated alkanes) is 13. The van der Waals surface area contributed by atoms with Crippen molar-refractivity contribution in [3.63, 3.8) is 0 Å². The Hall–Kier alpha value is -1.08. The molecule has 0 aliphatic carbocycles. The van der Waals surface area contributed by atoms with Gasteiger partial charge in [0.1, 0.15) is 0 Å². The summed E-state index contributed by atoms with van der Waals surface area (Å²) in [5, 5.41) is 2.25. The van der Waals surface area contributed by atoms with E-state index in [1.54, 1.807) is 5.56 Å². The quantitative estimate of drug-likeness (QED) is 0.253. The fourth-order valence-corrected chi connectivity index (χ4v) is 4.85. The van der Waals surface area contributed by atoms with Crippen LogP contribution in [0.25, 0.3) is 10.4 Å². The minimum absolute atomic E-state index is 1.24. The monoisotopic (exact) mass is 384 g/mol. The molecule has 1 aromatic heterocycles. The highest BCUT2D eigenvalue weighted by atomic mass is 32.1. The summed E-state index contributed by atoms with van der Waals surface area (Å²) < 4.78 is 0. The molecular formula is C26H40S. The average molecular weight is 385 g/mol. The van der Waals surface area contributed by atoms with E-state index in [4.69, 9.17) is 0 Å². The van der Waals surface area contributed by atoms with Crippen LogP contribution < -0.4 is 0 Å². The highest BCUT2D eigenvalue weighted by Gasteiger charge is 2.06. The van der Waals surface area contributed by atoms with Crippen molar-refractivity contribution in [3.05, 3.63) is 47.3 Å². The van der Waals surface area contributed by atoms with Gasteiger partial charge in [0.15, 0.2) is 0 Å². The molecule has 0 radical (unpaired) electrons. The molecule has 0 nitrogen and oxygen atoms in total. The molecule has 0 fully saturated rings. The summed E-state index contributed by atoms with van der Waals surface area (Å²) in [6, 6.07) is 13.2. The Morgan fingerprint density at radius 1 is 0.593 bits per heavy atom. The van der Waals surface area contributed by atoms with Gasteiger partial charge in [-0.15, -0.1) is 11.3 Å². The third-order valence-electron chi connectivity index (χ3n) is 5.58. The van der Waals surface area contributed by atoms with Gasteiger partial charge in [0, 0.05) is 4.88 Å².